The quantitative estimate of drug-likeness (QED) is 0.0517. The second kappa shape index (κ2) is 45.7. The van der Waals surface area contributed by atoms with Crippen LogP contribution in [-0.4, -0.2) is 211 Å². The van der Waals surface area contributed by atoms with Gasteiger partial charge >= 0.3 is 5.97 Å². The molecule has 620 valence electrons. The fourth-order valence-corrected chi connectivity index (χ4v) is 14.7. The van der Waals surface area contributed by atoms with E-state index in [0.717, 1.165) is 16.7 Å². The number of amides is 12. The van der Waals surface area contributed by atoms with Crippen LogP contribution >= 0.6 is 23.5 Å². The molecule has 12 amide bonds. The fraction of sp³-hybridized carbons (Fsp3) is 0.551. The highest BCUT2D eigenvalue weighted by Gasteiger charge is 2.40. The maximum Gasteiger partial charge on any atom is 0.303 e. The molecule has 0 spiro atoms. The molecule has 4 aromatic rings. The lowest BCUT2D eigenvalue weighted by molar-refractivity contribution is -0.139. The highest BCUT2D eigenvalue weighted by atomic mass is 32.2. The van der Waals surface area contributed by atoms with Gasteiger partial charge in [0, 0.05) is 67.9 Å². The van der Waals surface area contributed by atoms with Crippen molar-refractivity contribution in [1.29, 1.82) is 0 Å². The van der Waals surface area contributed by atoms with Gasteiger partial charge in [0.15, 0.2) is 0 Å². The number of phenolic OH excluding ortho intramolecular Hbond substituents is 2. The van der Waals surface area contributed by atoms with Crippen LogP contribution in [0.25, 0.3) is 0 Å². The lowest BCUT2D eigenvalue weighted by Crippen LogP contribution is -2.62. The molecule has 2 bridgehead atoms. The molecule has 113 heavy (non-hydrogen) atoms. The number of carbonyl (C=O) groups is 13. The number of nitrogens with one attached hydrogen (secondary N) is 13. The van der Waals surface area contributed by atoms with Gasteiger partial charge < -0.3 is 106 Å². The molecule has 0 fully saturated rings. The van der Waals surface area contributed by atoms with E-state index in [0.29, 0.717) is 85.0 Å². The van der Waals surface area contributed by atoms with Crippen molar-refractivity contribution in [3.63, 3.8) is 0 Å². The van der Waals surface area contributed by atoms with Crippen molar-refractivity contribution in [2.45, 2.75) is 241 Å². The zero-order chi connectivity index (χ0) is 83.1. The van der Waals surface area contributed by atoms with E-state index in [4.69, 9.17) is 11.5 Å². The average molecular weight is 1610 g/mol. The molecule has 35 heteroatoms. The molecule has 2 aliphatic heterocycles. The van der Waals surface area contributed by atoms with Crippen molar-refractivity contribution in [2.24, 2.45) is 16.9 Å². The Bertz CT molecular complexity index is 3900. The molecule has 0 aliphatic carbocycles. The molecule has 0 unspecified atom stereocenters. The maximum absolute atomic E-state index is 15.1. The van der Waals surface area contributed by atoms with Crippen molar-refractivity contribution in [3.05, 3.63) is 112 Å². The summed E-state index contributed by atoms with van der Waals surface area (Å²) in [5.41, 5.74) is 14.6. The van der Waals surface area contributed by atoms with E-state index in [2.05, 4.69) is 68.8 Å². The Morgan fingerprint density at radius 3 is 1.47 bits per heavy atom. The van der Waals surface area contributed by atoms with Crippen LogP contribution in [0.2, 0.25) is 0 Å². The number of hydrogen-bond donors (Lipinski definition) is 20. The van der Waals surface area contributed by atoms with E-state index < -0.39 is 174 Å². The van der Waals surface area contributed by atoms with Crippen molar-refractivity contribution in [3.8, 4) is 11.5 Å². The predicted octanol–water partition coefficient (Wildman–Crippen LogP) is 0.992. The van der Waals surface area contributed by atoms with E-state index in [9.17, 15) is 83.1 Å². The number of nitrogens with two attached hydrogens (primary N) is 2. The summed E-state index contributed by atoms with van der Waals surface area (Å²) >= 11 is 2.69. The van der Waals surface area contributed by atoms with Crippen molar-refractivity contribution in [2.75, 3.05) is 29.9 Å². The number of H-pyrrole nitrogens is 1. The lowest BCUT2D eigenvalue weighted by atomic mass is 9.85. The molecule has 33 nitrogen and oxygen atoms in total. The summed E-state index contributed by atoms with van der Waals surface area (Å²) in [5, 5.41) is 85.1. The molecular formula is C78H113N15O18S2. The Balaban J connectivity index is 1.39. The Morgan fingerprint density at radius 2 is 0.982 bits per heavy atom. The number of aliphatic carboxylic acids is 1. The summed E-state index contributed by atoms with van der Waals surface area (Å²) < 4.78 is 0. The number of anilines is 1. The van der Waals surface area contributed by atoms with Gasteiger partial charge in [-0.1, -0.05) is 109 Å². The van der Waals surface area contributed by atoms with Crippen LogP contribution in [0, 0.1) is 5.41 Å². The number of aromatic nitrogens is 1. The molecule has 1 aromatic heterocycles. The number of aliphatic hydroxyl groups excluding tert-OH is 2. The van der Waals surface area contributed by atoms with E-state index >= 15 is 4.79 Å². The van der Waals surface area contributed by atoms with Crippen LogP contribution in [0.1, 0.15) is 159 Å². The van der Waals surface area contributed by atoms with Gasteiger partial charge in [-0.2, -0.15) is 23.5 Å². The molecular weight excluding hydrogens is 1500 g/mol. The molecule has 0 radical (unpaired) electrons. The topological polar surface area (TPSA) is 535 Å². The molecule has 0 saturated carbocycles. The SMILES string of the molecule is CCC[C@@H]1NC(=O)[C@H](Cc2c[nH]c3c2CCCN3)NC(=O)[C@H]([C@@H](C)O)NC(=O)[C@H](CCCCCN)NC(=O)[C@H](Cc2ccc(O)cc2)NC(=O)[C@H](C(C)(C)C)NC(=O)CCSCc2cccc(c2)CSC[C@@H](C(N)=O)NC(=O)[C@H]([C@@H](C)O)NC(=O)[C@H](CCC)NC(=O)[C@H](Cc2ccc(O)cc2)NC(=O)[C@H](CCC(=O)O)NC1=O. The predicted molar refractivity (Wildman–Crippen MR) is 426 cm³/mol. The number of carboxylic acids is 1. The van der Waals surface area contributed by atoms with Crippen LogP contribution < -0.4 is 75.3 Å². The molecule has 0 saturated heterocycles. The van der Waals surface area contributed by atoms with Gasteiger partial charge in [0.2, 0.25) is 70.9 Å². The normalized spacial score (nSPS) is 24.0. The summed E-state index contributed by atoms with van der Waals surface area (Å²) in [4.78, 5) is 189. The smallest absolute Gasteiger partial charge is 0.303 e. The van der Waals surface area contributed by atoms with E-state index in [-0.39, 0.29) is 75.0 Å². The number of aromatic hydroxyl groups is 2. The number of rotatable bonds is 21. The third-order valence-corrected chi connectivity index (χ3v) is 21.2. The summed E-state index contributed by atoms with van der Waals surface area (Å²) in [7, 11) is 0. The molecule has 3 aromatic carbocycles. The van der Waals surface area contributed by atoms with Crippen LogP contribution in [-0.2, 0) is 99.5 Å². The van der Waals surface area contributed by atoms with E-state index in [1.807, 2.05) is 24.3 Å². The first kappa shape index (κ1) is 91.9. The van der Waals surface area contributed by atoms with Crippen LogP contribution in [0.4, 0.5) is 5.82 Å². The summed E-state index contributed by atoms with van der Waals surface area (Å²) in [6, 6.07) is 1.94. The third kappa shape index (κ3) is 30.1. The first-order valence-electron chi connectivity index (χ1n) is 38.3. The maximum atomic E-state index is 15.1. The number of hydrogen-bond acceptors (Lipinski definition) is 21. The minimum Gasteiger partial charge on any atom is -0.508 e. The van der Waals surface area contributed by atoms with Gasteiger partial charge in [0.1, 0.15) is 83.8 Å². The van der Waals surface area contributed by atoms with Gasteiger partial charge in [0.05, 0.1) is 12.2 Å². The first-order chi connectivity index (χ1) is 53.7. The number of aromatic amines is 1. The zero-order valence-corrected chi connectivity index (χ0v) is 66.7. The monoisotopic (exact) mass is 1610 g/mol. The number of aliphatic hydroxyl groups is 2. The minimum atomic E-state index is -1.84. The second-order valence-electron chi connectivity index (χ2n) is 29.6. The Hall–Kier alpha value is -9.97. The standard InChI is InChI=1S/C78H113N15O18S2/c1-8-15-53-68(102)86-56(29-30-62(99)100)69(103)87-57(36-45-21-25-50(96)26-22-45)72(106)84-54(16-9-2)70(104)92-64(44(4)95)76(110)90-60(66(80)101)42-113-41-48-18-13-17-47(35-48)40-112-34-31-61(98)91-65(78(5,6)7)77(111)89-58(37-46-23-27-51(97)28-24-46)73(107)85-55(20-11-10-12-32-79)71(105)93-63(43(3)94)75(109)88-59(74(108)83-53)38-49-39-82-67-52(49)19-14-33-81-67/h13,17-18,21-28,35,39,43-44,53-60,63-65,81-82,94-97H,8-12,14-16,19-20,29-34,36-38,40-42,79H2,1-7H3,(H2,80,101)(H,83,108)(H,84,106)(H,85,107)(H,86,102)(H,87,103)(H,88,109)(H,89,111)(H,90,110)(H,91,98)(H,92,104)(H,93,105)(H,99,100)/t43-,44-,53+,54+,55+,56+,57+,58+,59+,60+,63+,64+,65-/m1/s1. The van der Waals surface area contributed by atoms with E-state index in [1.165, 1.54) is 85.9 Å². The number of benzene rings is 3. The molecule has 22 N–H and O–H groups in total. The number of carboxylic acid groups (broad SMARTS) is 1. The summed E-state index contributed by atoms with van der Waals surface area (Å²) in [6.07, 6.45) is -0.900. The number of thioether (sulfide) groups is 2. The highest BCUT2D eigenvalue weighted by molar-refractivity contribution is 7.98. The number of phenols is 2. The van der Waals surface area contributed by atoms with Crippen molar-refractivity contribution in [1.82, 2.24) is 63.5 Å². The summed E-state index contributed by atoms with van der Waals surface area (Å²) in [6.45, 7) is 11.9. The third-order valence-electron chi connectivity index (χ3n) is 19.1. The fourth-order valence-electron chi connectivity index (χ4n) is 12.8. The lowest BCUT2D eigenvalue weighted by Gasteiger charge is -2.32. The number of primary amides is 1. The highest BCUT2D eigenvalue weighted by Crippen LogP contribution is 2.27. The zero-order valence-electron chi connectivity index (χ0n) is 65.1. The van der Waals surface area contributed by atoms with Gasteiger partial charge in [-0.3, -0.25) is 62.3 Å². The van der Waals surface area contributed by atoms with E-state index in [1.54, 1.807) is 40.8 Å². The Morgan fingerprint density at radius 1 is 0.531 bits per heavy atom. The Labute approximate surface area is 666 Å². The Kier molecular flexibility index (Phi) is 37.1. The van der Waals surface area contributed by atoms with Crippen LogP contribution in [0.5, 0.6) is 11.5 Å². The average Bonchev–Trinajstić information content (AvgIpc) is 1.77. The molecule has 3 heterocycles. The summed E-state index contributed by atoms with van der Waals surface area (Å²) in [5.74, 6) is -11.0. The number of unbranched alkanes of at least 4 members (excludes halogenated alkanes) is 2. The van der Waals surface area contributed by atoms with Crippen LogP contribution in [0.15, 0.2) is 79.0 Å². The minimum absolute atomic E-state index is 0.0263. The first-order valence-corrected chi connectivity index (χ1v) is 40.6. The van der Waals surface area contributed by atoms with Gasteiger partial charge in [-0.25, -0.2) is 0 Å². The van der Waals surface area contributed by atoms with Gasteiger partial charge in [-0.05, 0) is 128 Å². The van der Waals surface area contributed by atoms with Gasteiger partial charge in [0.25, 0.3) is 0 Å². The van der Waals surface area contributed by atoms with Crippen LogP contribution in [0.3, 0.4) is 0 Å². The number of fused-ring (bicyclic) bond motifs is 3. The number of carbonyl (C=O) groups excluding carboxylic acids is 12. The van der Waals surface area contributed by atoms with Crippen molar-refractivity contribution >= 4 is 106 Å². The second-order valence-corrected chi connectivity index (χ2v) is 31.8. The molecule has 2 aliphatic rings. The molecule has 6 rings (SSSR count). The molecule has 13 atom stereocenters. The van der Waals surface area contributed by atoms with Crippen molar-refractivity contribution < 1.29 is 87.9 Å². The van der Waals surface area contributed by atoms with Gasteiger partial charge in [-0.15, -0.1) is 0 Å². The largest absolute Gasteiger partial charge is 0.508 e.